The van der Waals surface area contributed by atoms with E-state index in [2.05, 4.69) is 26.5 Å². The topological polar surface area (TPSA) is 52.3 Å². The molecule has 3 nitrogen and oxygen atoms in total. The first kappa shape index (κ1) is 13.8. The Bertz CT molecular complexity index is 233. The lowest BCUT2D eigenvalue weighted by molar-refractivity contribution is -0.153. The molecule has 0 heterocycles. The summed E-state index contributed by atoms with van der Waals surface area (Å²) < 4.78 is 5.40. The molecule has 0 aromatic carbocycles. The predicted octanol–water partition coefficient (Wildman–Crippen LogP) is 2.15. The molecule has 1 saturated carbocycles. The lowest BCUT2D eigenvalue weighted by atomic mass is 9.76. The average molecular weight is 245 g/mol. The zero-order valence-electron chi connectivity index (χ0n) is 10.2. The summed E-state index contributed by atoms with van der Waals surface area (Å²) in [6.45, 7) is 4.52. The maximum atomic E-state index is 11.6. The Morgan fingerprint density at radius 2 is 2.06 bits per heavy atom. The molecule has 2 N–H and O–H groups in total. The van der Waals surface area contributed by atoms with Gasteiger partial charge in [-0.3, -0.25) is 4.79 Å². The molecule has 1 aliphatic rings. The molecule has 0 saturated heterocycles. The summed E-state index contributed by atoms with van der Waals surface area (Å²) >= 11 is 4.06. The number of rotatable bonds is 4. The second-order valence-electron chi connectivity index (χ2n) is 5.42. The Morgan fingerprint density at radius 1 is 1.50 bits per heavy atom. The lowest BCUT2D eigenvalue weighted by Crippen LogP contribution is -2.37. The second kappa shape index (κ2) is 5.92. The van der Waals surface area contributed by atoms with Crippen LogP contribution < -0.4 is 5.73 Å². The first-order valence-electron chi connectivity index (χ1n) is 6.01. The van der Waals surface area contributed by atoms with Gasteiger partial charge in [0.05, 0.1) is 0 Å². The third kappa shape index (κ3) is 4.34. The van der Waals surface area contributed by atoms with Crippen molar-refractivity contribution in [2.45, 2.75) is 58.1 Å². The minimum Gasteiger partial charge on any atom is -0.461 e. The molecule has 4 heteroatoms. The van der Waals surface area contributed by atoms with E-state index in [9.17, 15) is 4.79 Å². The monoisotopic (exact) mass is 245 g/mol. The number of carbonyl (C=O) groups is 1. The van der Waals surface area contributed by atoms with Crippen LogP contribution in [0.3, 0.4) is 0 Å². The third-order valence-corrected chi connectivity index (χ3v) is 3.57. The van der Waals surface area contributed by atoms with Crippen molar-refractivity contribution in [2.75, 3.05) is 5.75 Å². The SMILES string of the molecule is CC1(C)CCC(OC(=O)C(N)CCS)CC1. The Labute approximate surface area is 104 Å². The highest BCUT2D eigenvalue weighted by molar-refractivity contribution is 7.80. The average Bonchev–Trinajstić information content (AvgIpc) is 2.21. The van der Waals surface area contributed by atoms with Gasteiger partial charge in [-0.2, -0.15) is 12.6 Å². The molecular formula is C12H23NO2S. The van der Waals surface area contributed by atoms with Crippen molar-refractivity contribution in [2.24, 2.45) is 11.1 Å². The third-order valence-electron chi connectivity index (χ3n) is 3.31. The minimum atomic E-state index is -0.507. The first-order chi connectivity index (χ1) is 7.44. The van der Waals surface area contributed by atoms with Crippen molar-refractivity contribution in [1.82, 2.24) is 0 Å². The largest absolute Gasteiger partial charge is 0.461 e. The van der Waals surface area contributed by atoms with Crippen molar-refractivity contribution in [1.29, 1.82) is 0 Å². The van der Waals surface area contributed by atoms with Gasteiger partial charge >= 0.3 is 5.97 Å². The van der Waals surface area contributed by atoms with Crippen LogP contribution in [0.1, 0.15) is 46.0 Å². The summed E-state index contributed by atoms with van der Waals surface area (Å²) in [5.41, 5.74) is 6.07. The molecule has 1 aliphatic carbocycles. The first-order valence-corrected chi connectivity index (χ1v) is 6.65. The van der Waals surface area contributed by atoms with Crippen LogP contribution in [0.15, 0.2) is 0 Å². The Balaban J connectivity index is 2.31. The number of hydrogen-bond donors (Lipinski definition) is 2. The van der Waals surface area contributed by atoms with Crippen LogP contribution in [0.2, 0.25) is 0 Å². The van der Waals surface area contributed by atoms with Crippen molar-refractivity contribution in [3.8, 4) is 0 Å². The molecule has 0 bridgehead atoms. The molecule has 94 valence electrons. The second-order valence-corrected chi connectivity index (χ2v) is 5.87. The molecule has 1 fully saturated rings. The lowest BCUT2D eigenvalue weighted by Gasteiger charge is -2.34. The molecule has 0 radical (unpaired) electrons. The summed E-state index contributed by atoms with van der Waals surface area (Å²) in [6.07, 6.45) is 4.82. The van der Waals surface area contributed by atoms with E-state index in [-0.39, 0.29) is 12.1 Å². The maximum absolute atomic E-state index is 11.6. The predicted molar refractivity (Wildman–Crippen MR) is 68.6 cm³/mol. The molecule has 0 spiro atoms. The van der Waals surface area contributed by atoms with Gasteiger partial charge in [-0.25, -0.2) is 0 Å². The van der Waals surface area contributed by atoms with Crippen molar-refractivity contribution < 1.29 is 9.53 Å². The Morgan fingerprint density at radius 3 is 2.56 bits per heavy atom. The molecule has 1 unspecified atom stereocenters. The van der Waals surface area contributed by atoms with Gasteiger partial charge < -0.3 is 10.5 Å². The van der Waals surface area contributed by atoms with Crippen LogP contribution in [0.25, 0.3) is 0 Å². The molecule has 0 aromatic heterocycles. The summed E-state index contributed by atoms with van der Waals surface area (Å²) in [5.74, 6) is 0.354. The van der Waals surface area contributed by atoms with Crippen LogP contribution in [-0.2, 0) is 9.53 Å². The zero-order chi connectivity index (χ0) is 12.2. The fraction of sp³-hybridized carbons (Fsp3) is 0.917. The van der Waals surface area contributed by atoms with E-state index in [1.165, 1.54) is 0 Å². The summed E-state index contributed by atoms with van der Waals surface area (Å²) in [4.78, 5) is 11.6. The van der Waals surface area contributed by atoms with Gasteiger partial charge in [0.1, 0.15) is 12.1 Å². The molecule has 0 amide bonds. The number of esters is 1. The van der Waals surface area contributed by atoms with Gasteiger partial charge in [-0.1, -0.05) is 13.8 Å². The van der Waals surface area contributed by atoms with E-state index in [0.29, 0.717) is 17.6 Å². The quantitative estimate of drug-likeness (QED) is 0.589. The molecule has 1 atom stereocenters. The number of hydrogen-bond acceptors (Lipinski definition) is 4. The Kier molecular flexibility index (Phi) is 5.12. The fourth-order valence-electron chi connectivity index (χ4n) is 2.00. The summed E-state index contributed by atoms with van der Waals surface area (Å²) in [6, 6.07) is -0.507. The van der Waals surface area contributed by atoms with E-state index in [0.717, 1.165) is 25.7 Å². The standard InChI is InChI=1S/C12H23NO2S/c1-12(2)6-3-9(4-7-12)15-11(14)10(13)5-8-16/h9-10,16H,3-8,13H2,1-2H3. The van der Waals surface area contributed by atoms with Gasteiger partial charge in [-0.15, -0.1) is 0 Å². The van der Waals surface area contributed by atoms with Crippen molar-refractivity contribution >= 4 is 18.6 Å². The van der Waals surface area contributed by atoms with Crippen LogP contribution in [0.5, 0.6) is 0 Å². The molecule has 1 rings (SSSR count). The summed E-state index contributed by atoms with van der Waals surface area (Å²) in [5, 5.41) is 0. The van der Waals surface area contributed by atoms with E-state index >= 15 is 0 Å². The molecule has 0 aliphatic heterocycles. The van der Waals surface area contributed by atoms with Crippen molar-refractivity contribution in [3.05, 3.63) is 0 Å². The van der Waals surface area contributed by atoms with Gasteiger partial charge in [0.25, 0.3) is 0 Å². The highest BCUT2D eigenvalue weighted by Gasteiger charge is 2.29. The number of ether oxygens (including phenoxy) is 1. The van der Waals surface area contributed by atoms with Crippen LogP contribution in [0, 0.1) is 5.41 Å². The van der Waals surface area contributed by atoms with Crippen LogP contribution >= 0.6 is 12.6 Å². The van der Waals surface area contributed by atoms with E-state index in [1.54, 1.807) is 0 Å². The normalized spacial score (nSPS) is 22.8. The molecular weight excluding hydrogens is 222 g/mol. The van der Waals surface area contributed by atoms with E-state index in [1.807, 2.05) is 0 Å². The maximum Gasteiger partial charge on any atom is 0.323 e. The van der Waals surface area contributed by atoms with Gasteiger partial charge in [-0.05, 0) is 43.3 Å². The highest BCUT2D eigenvalue weighted by atomic mass is 32.1. The van der Waals surface area contributed by atoms with Crippen LogP contribution in [0.4, 0.5) is 0 Å². The minimum absolute atomic E-state index is 0.0755. The van der Waals surface area contributed by atoms with Crippen LogP contribution in [-0.4, -0.2) is 23.9 Å². The highest BCUT2D eigenvalue weighted by Crippen LogP contribution is 2.36. The van der Waals surface area contributed by atoms with E-state index < -0.39 is 6.04 Å². The molecule has 16 heavy (non-hydrogen) atoms. The van der Waals surface area contributed by atoms with Gasteiger partial charge in [0.15, 0.2) is 0 Å². The van der Waals surface area contributed by atoms with Crippen molar-refractivity contribution in [3.63, 3.8) is 0 Å². The van der Waals surface area contributed by atoms with Gasteiger partial charge in [0, 0.05) is 0 Å². The van der Waals surface area contributed by atoms with E-state index in [4.69, 9.17) is 10.5 Å². The molecule has 0 aromatic rings. The fourth-order valence-corrected chi connectivity index (χ4v) is 2.28. The zero-order valence-corrected chi connectivity index (χ0v) is 11.1. The number of nitrogens with two attached hydrogens (primary N) is 1. The number of thiol groups is 1. The van der Waals surface area contributed by atoms with Gasteiger partial charge in [0.2, 0.25) is 0 Å². The smallest absolute Gasteiger partial charge is 0.323 e. The summed E-state index contributed by atoms with van der Waals surface area (Å²) in [7, 11) is 0. The Hall–Kier alpha value is -0.220. The number of carbonyl (C=O) groups excluding carboxylic acids is 1.